The summed E-state index contributed by atoms with van der Waals surface area (Å²) in [5, 5.41) is 11.4. The molecule has 16 heteroatoms. The first kappa shape index (κ1) is 52.6. The lowest BCUT2D eigenvalue weighted by atomic mass is 9.76. The Morgan fingerprint density at radius 3 is 1.73 bits per heavy atom. The molecule has 1 atom stereocenters. The van der Waals surface area contributed by atoms with Gasteiger partial charge in [-0.25, -0.2) is 0 Å². The second-order valence-corrected chi connectivity index (χ2v) is 16.8. The number of non-ortho nitro benzene ring substituents is 1. The highest BCUT2D eigenvalue weighted by Gasteiger charge is 2.58. The van der Waals surface area contributed by atoms with Crippen LogP contribution >= 0.6 is 12.6 Å². The van der Waals surface area contributed by atoms with Crippen molar-refractivity contribution < 1.29 is 57.2 Å². The largest absolute Gasteiger partial charge is 0.463 e. The molecule has 2 aliphatic rings. The molecule has 0 amide bonds. The highest BCUT2D eigenvalue weighted by atomic mass is 32.1. The fraction of sp³-hybridized carbons (Fsp3) is 0.646. The number of ketones is 1. The Bertz CT molecular complexity index is 1760. The maximum atomic E-state index is 13.1. The van der Waals surface area contributed by atoms with Crippen LogP contribution in [0.3, 0.4) is 0 Å². The number of para-hydroxylation sites is 1. The van der Waals surface area contributed by atoms with Gasteiger partial charge in [-0.05, 0) is 68.7 Å². The van der Waals surface area contributed by atoms with E-state index in [0.717, 1.165) is 29.8 Å². The maximum absolute atomic E-state index is 13.1. The Balaban J connectivity index is 0.931. The van der Waals surface area contributed by atoms with Gasteiger partial charge in [0.25, 0.3) is 5.69 Å². The molecule has 0 fully saturated rings. The number of thiol groups is 1. The van der Waals surface area contributed by atoms with Crippen LogP contribution in [0.2, 0.25) is 0 Å². The minimum Gasteiger partial charge on any atom is -0.463 e. The molecule has 0 saturated heterocycles. The molecule has 0 radical (unpaired) electrons. The van der Waals surface area contributed by atoms with E-state index in [9.17, 15) is 24.5 Å². The van der Waals surface area contributed by atoms with Gasteiger partial charge in [0.05, 0.1) is 76.4 Å². The lowest BCUT2D eigenvalue weighted by Crippen LogP contribution is -2.59. The molecule has 2 aliphatic heterocycles. The van der Waals surface area contributed by atoms with Crippen molar-refractivity contribution in [3.63, 3.8) is 0 Å². The zero-order valence-electron chi connectivity index (χ0n) is 37.9. The van der Waals surface area contributed by atoms with E-state index in [4.69, 9.17) is 37.9 Å². The Labute approximate surface area is 384 Å². The summed E-state index contributed by atoms with van der Waals surface area (Å²) in [6, 6.07) is 12.6. The van der Waals surface area contributed by atoms with E-state index in [1.165, 1.54) is 50.7 Å². The van der Waals surface area contributed by atoms with Crippen molar-refractivity contribution in [2.45, 2.75) is 108 Å². The minimum absolute atomic E-state index is 0.0121. The fourth-order valence-electron chi connectivity index (χ4n) is 7.78. The number of rotatable bonds is 36. The van der Waals surface area contributed by atoms with Crippen molar-refractivity contribution in [3.8, 4) is 5.75 Å². The Kier molecular flexibility index (Phi) is 24.2. The average molecular weight is 915 g/mol. The number of hydrogen-bond donors (Lipinski definition) is 1. The van der Waals surface area contributed by atoms with Crippen LogP contribution in [0.25, 0.3) is 6.08 Å². The average Bonchev–Trinajstić information content (AvgIpc) is 3.46. The van der Waals surface area contributed by atoms with Gasteiger partial charge in [-0.3, -0.25) is 24.5 Å². The summed E-state index contributed by atoms with van der Waals surface area (Å²) in [6.45, 7) is 8.80. The van der Waals surface area contributed by atoms with E-state index < -0.39 is 16.1 Å². The molecule has 15 nitrogen and oxygen atoms in total. The molecule has 2 aromatic rings. The number of carbonyl (C=O) groups is 3. The number of unbranched alkanes of at least 4 members (excludes halogenated alkanes) is 7. The number of benzene rings is 2. The van der Waals surface area contributed by atoms with Crippen molar-refractivity contribution in [2.24, 2.45) is 0 Å². The van der Waals surface area contributed by atoms with Gasteiger partial charge >= 0.3 is 11.9 Å². The second-order valence-electron chi connectivity index (χ2n) is 16.4. The van der Waals surface area contributed by atoms with Crippen LogP contribution in [0, 0.1) is 10.1 Å². The number of Topliss-reactive ketones (excluding diaryl/α,β-unsaturated/α-hetero) is 1. The maximum Gasteiger partial charge on any atom is 0.305 e. The summed E-state index contributed by atoms with van der Waals surface area (Å²) in [7, 11) is 0. The number of nitrogens with zero attached hydrogens (tertiary/aromatic N) is 2. The summed E-state index contributed by atoms with van der Waals surface area (Å²) in [4.78, 5) is 50.2. The SMILES string of the molecule is CC1(C)c2ccccc2N(CCC(=O)CCCC(=O)OCCOCCOCCOCCOCCOCCOC(=O)CCCCCCCCCCS)C12C=Cc1cc([N+](=O)[O-])ccc1O2. The normalized spacial score (nSPS) is 15.8. The van der Waals surface area contributed by atoms with Gasteiger partial charge in [0, 0.05) is 55.6 Å². The predicted octanol–water partition coefficient (Wildman–Crippen LogP) is 8.23. The van der Waals surface area contributed by atoms with Crippen molar-refractivity contribution >= 4 is 47.8 Å². The number of nitro groups is 1. The van der Waals surface area contributed by atoms with Crippen LogP contribution in [-0.4, -0.2) is 120 Å². The summed E-state index contributed by atoms with van der Waals surface area (Å²) in [5.41, 5.74) is 1.18. The van der Waals surface area contributed by atoms with Gasteiger partial charge < -0.3 is 42.8 Å². The molecule has 1 unspecified atom stereocenters. The topological polar surface area (TPSA) is 171 Å². The smallest absolute Gasteiger partial charge is 0.305 e. The second kappa shape index (κ2) is 29.5. The van der Waals surface area contributed by atoms with E-state index >= 15 is 0 Å². The number of hydrogen-bond acceptors (Lipinski definition) is 15. The van der Waals surface area contributed by atoms with Gasteiger partial charge in [0.2, 0.25) is 5.72 Å². The lowest BCUT2D eigenvalue weighted by molar-refractivity contribution is -0.384. The van der Waals surface area contributed by atoms with Crippen LogP contribution in [0.5, 0.6) is 5.75 Å². The molecule has 0 saturated carbocycles. The van der Waals surface area contributed by atoms with E-state index in [0.29, 0.717) is 90.2 Å². The summed E-state index contributed by atoms with van der Waals surface area (Å²) in [6.07, 6.45) is 14.6. The molecule has 0 aromatic heterocycles. The van der Waals surface area contributed by atoms with Gasteiger partial charge in [-0.1, -0.05) is 56.7 Å². The Morgan fingerprint density at radius 2 is 1.17 bits per heavy atom. The Morgan fingerprint density at radius 1 is 0.656 bits per heavy atom. The summed E-state index contributed by atoms with van der Waals surface area (Å²) in [5.74, 6) is 0.977. The first-order valence-electron chi connectivity index (χ1n) is 23.0. The van der Waals surface area contributed by atoms with Crippen LogP contribution in [-0.2, 0) is 53.0 Å². The third-order valence-corrected chi connectivity index (χ3v) is 11.6. The van der Waals surface area contributed by atoms with Gasteiger partial charge in [-0.15, -0.1) is 0 Å². The molecule has 2 aromatic carbocycles. The molecule has 0 bridgehead atoms. The van der Waals surface area contributed by atoms with Gasteiger partial charge in [0.1, 0.15) is 24.7 Å². The molecular weight excluding hydrogens is 845 g/mol. The molecule has 356 valence electrons. The van der Waals surface area contributed by atoms with Gasteiger partial charge in [-0.2, -0.15) is 12.6 Å². The molecule has 1 spiro atoms. The van der Waals surface area contributed by atoms with Crippen molar-refractivity contribution in [3.05, 3.63) is 69.8 Å². The van der Waals surface area contributed by atoms with E-state index in [1.807, 2.05) is 30.4 Å². The third kappa shape index (κ3) is 17.4. The zero-order valence-corrected chi connectivity index (χ0v) is 38.8. The standard InChI is InChI=1S/C48H70N2O13S/c1-47(2)42-15-10-11-16-43(42)49(48(47)23-21-39-38-40(50(54)55)19-20-44(39)63-48)24-22-41(51)14-13-18-46(53)62-36-34-60-32-30-58-28-26-56-25-27-57-29-31-59-33-35-61-45(52)17-9-7-5-3-4-6-8-12-37-64/h10-11,15-16,19-21,23,38,64H,3-9,12-14,17-18,22,24-37H2,1-2H3. The van der Waals surface area contributed by atoms with Crippen molar-refractivity contribution in [1.29, 1.82) is 0 Å². The number of anilines is 1. The van der Waals surface area contributed by atoms with E-state index in [1.54, 1.807) is 6.07 Å². The first-order chi connectivity index (χ1) is 31.1. The monoisotopic (exact) mass is 914 g/mol. The van der Waals surface area contributed by atoms with Crippen LogP contribution in [0.15, 0.2) is 48.5 Å². The van der Waals surface area contributed by atoms with Crippen LogP contribution in [0.1, 0.15) is 108 Å². The molecule has 0 N–H and O–H groups in total. The number of fused-ring (bicyclic) bond motifs is 2. The highest BCUT2D eigenvalue weighted by Crippen LogP contribution is 2.55. The molecular formula is C48H70N2O13S. The number of carbonyl (C=O) groups excluding carboxylic acids is 3. The molecule has 4 rings (SSSR count). The van der Waals surface area contributed by atoms with E-state index in [-0.39, 0.29) is 62.5 Å². The molecule has 0 aliphatic carbocycles. The van der Waals surface area contributed by atoms with Crippen LogP contribution < -0.4 is 9.64 Å². The summed E-state index contributed by atoms with van der Waals surface area (Å²) >= 11 is 4.23. The summed E-state index contributed by atoms with van der Waals surface area (Å²) < 4.78 is 44.6. The third-order valence-electron chi connectivity index (χ3n) is 11.3. The minimum atomic E-state index is -0.951. The van der Waals surface area contributed by atoms with Gasteiger partial charge in [0.15, 0.2) is 0 Å². The van der Waals surface area contributed by atoms with Crippen molar-refractivity contribution in [2.75, 3.05) is 96.5 Å². The molecule has 64 heavy (non-hydrogen) atoms. The highest BCUT2D eigenvalue weighted by molar-refractivity contribution is 7.80. The first-order valence-corrected chi connectivity index (χ1v) is 23.6. The zero-order chi connectivity index (χ0) is 45.9. The van der Waals surface area contributed by atoms with Crippen molar-refractivity contribution in [1.82, 2.24) is 0 Å². The number of esters is 2. The number of nitro benzene ring substituents is 1. The lowest BCUT2D eigenvalue weighted by Gasteiger charge is -2.47. The fourth-order valence-corrected chi connectivity index (χ4v) is 8.00. The Hall–Kier alpha value is -4.06. The number of ether oxygens (including phenoxy) is 8. The van der Waals surface area contributed by atoms with E-state index in [2.05, 4.69) is 37.4 Å². The van der Waals surface area contributed by atoms with Crippen LogP contribution in [0.4, 0.5) is 11.4 Å². The quantitative estimate of drug-likeness (QED) is 0.0228. The molecule has 2 heterocycles. The predicted molar refractivity (Wildman–Crippen MR) is 247 cm³/mol.